The zero-order chi connectivity index (χ0) is 13.1. The van der Waals surface area contributed by atoms with Crippen molar-refractivity contribution in [2.45, 2.75) is 38.6 Å². The number of hydrazine groups is 1. The van der Waals surface area contributed by atoms with Gasteiger partial charge in [-0.1, -0.05) is 19.8 Å². The van der Waals surface area contributed by atoms with E-state index >= 15 is 0 Å². The van der Waals surface area contributed by atoms with Crippen LogP contribution in [-0.2, 0) is 0 Å². The summed E-state index contributed by atoms with van der Waals surface area (Å²) in [5.74, 6) is 6.62. The van der Waals surface area contributed by atoms with E-state index in [9.17, 15) is 4.39 Å². The Bertz CT molecular complexity index is 400. The third kappa shape index (κ3) is 2.82. The summed E-state index contributed by atoms with van der Waals surface area (Å²) in [6.07, 6.45) is 4.65. The predicted octanol–water partition coefficient (Wildman–Crippen LogP) is 2.74. The van der Waals surface area contributed by atoms with E-state index in [1.165, 1.54) is 25.0 Å². The molecule has 0 aromatic heterocycles. The Kier molecular flexibility index (Phi) is 4.19. The fourth-order valence-corrected chi connectivity index (χ4v) is 2.91. The second-order valence-electron chi connectivity index (χ2n) is 5.44. The van der Waals surface area contributed by atoms with Crippen molar-refractivity contribution in [2.24, 2.45) is 17.7 Å². The van der Waals surface area contributed by atoms with Gasteiger partial charge < -0.3 is 5.73 Å². The normalized spacial score (nSPS) is 25.9. The minimum atomic E-state index is -0.261. The molecule has 5 N–H and O–H groups in total. The van der Waals surface area contributed by atoms with Crippen LogP contribution >= 0.6 is 0 Å². The van der Waals surface area contributed by atoms with Gasteiger partial charge in [0.1, 0.15) is 5.82 Å². The minimum Gasteiger partial charge on any atom is -0.398 e. The Labute approximate surface area is 108 Å². The number of benzene rings is 1. The fourth-order valence-electron chi connectivity index (χ4n) is 2.91. The van der Waals surface area contributed by atoms with Crippen molar-refractivity contribution in [3.63, 3.8) is 0 Å². The van der Waals surface area contributed by atoms with Gasteiger partial charge in [-0.05, 0) is 48.4 Å². The van der Waals surface area contributed by atoms with Crippen molar-refractivity contribution in [1.29, 1.82) is 0 Å². The van der Waals surface area contributed by atoms with Crippen molar-refractivity contribution >= 4 is 5.69 Å². The molecule has 1 aromatic rings. The van der Waals surface area contributed by atoms with Gasteiger partial charge in [-0.15, -0.1) is 0 Å². The molecule has 1 unspecified atom stereocenters. The van der Waals surface area contributed by atoms with Crippen molar-refractivity contribution in [3.05, 3.63) is 29.6 Å². The van der Waals surface area contributed by atoms with Gasteiger partial charge in [0.15, 0.2) is 0 Å². The van der Waals surface area contributed by atoms with Crippen LogP contribution < -0.4 is 17.0 Å². The number of anilines is 1. The summed E-state index contributed by atoms with van der Waals surface area (Å²) in [5, 5.41) is 0. The first kappa shape index (κ1) is 13.3. The lowest BCUT2D eigenvalue weighted by Crippen LogP contribution is -2.35. The summed E-state index contributed by atoms with van der Waals surface area (Å²) in [6.45, 7) is 2.28. The molecule has 0 amide bonds. The molecule has 0 aliphatic heterocycles. The summed E-state index contributed by atoms with van der Waals surface area (Å²) in [7, 11) is 0. The van der Waals surface area contributed by atoms with Gasteiger partial charge in [0, 0.05) is 5.69 Å². The van der Waals surface area contributed by atoms with Crippen LogP contribution in [0.3, 0.4) is 0 Å². The highest BCUT2D eigenvalue weighted by Gasteiger charge is 2.27. The van der Waals surface area contributed by atoms with E-state index in [2.05, 4.69) is 12.3 Å². The molecule has 0 heterocycles. The molecule has 3 nitrogen and oxygen atoms in total. The van der Waals surface area contributed by atoms with Crippen LogP contribution in [0.4, 0.5) is 10.1 Å². The van der Waals surface area contributed by atoms with Crippen LogP contribution in [0.2, 0.25) is 0 Å². The Morgan fingerprint density at radius 3 is 2.56 bits per heavy atom. The molecule has 0 radical (unpaired) electrons. The van der Waals surface area contributed by atoms with Gasteiger partial charge in [-0.3, -0.25) is 11.3 Å². The van der Waals surface area contributed by atoms with Crippen molar-refractivity contribution in [2.75, 3.05) is 5.73 Å². The van der Waals surface area contributed by atoms with E-state index in [0.29, 0.717) is 11.6 Å². The maximum atomic E-state index is 13.3. The lowest BCUT2D eigenvalue weighted by Gasteiger charge is -2.33. The Morgan fingerprint density at radius 2 is 1.94 bits per heavy atom. The summed E-state index contributed by atoms with van der Waals surface area (Å²) in [6, 6.07) is 4.45. The van der Waals surface area contributed by atoms with Gasteiger partial charge in [0.2, 0.25) is 0 Å². The van der Waals surface area contributed by atoms with E-state index in [0.717, 1.165) is 24.3 Å². The van der Waals surface area contributed by atoms with E-state index in [4.69, 9.17) is 11.6 Å². The summed E-state index contributed by atoms with van der Waals surface area (Å²) in [4.78, 5) is 0. The number of nitrogens with one attached hydrogen (secondary N) is 1. The molecule has 18 heavy (non-hydrogen) atoms. The average molecular weight is 251 g/mol. The van der Waals surface area contributed by atoms with Gasteiger partial charge in [0.25, 0.3) is 0 Å². The maximum absolute atomic E-state index is 13.3. The second-order valence-corrected chi connectivity index (χ2v) is 5.44. The summed E-state index contributed by atoms with van der Waals surface area (Å²) in [5.41, 5.74) is 10.2. The number of nitrogens with two attached hydrogens (primary N) is 2. The second kappa shape index (κ2) is 5.67. The average Bonchev–Trinajstić information content (AvgIpc) is 2.37. The molecule has 0 bridgehead atoms. The van der Waals surface area contributed by atoms with E-state index < -0.39 is 0 Å². The predicted molar refractivity (Wildman–Crippen MR) is 72.0 cm³/mol. The summed E-state index contributed by atoms with van der Waals surface area (Å²) >= 11 is 0. The van der Waals surface area contributed by atoms with Crippen molar-refractivity contribution in [3.8, 4) is 0 Å². The number of halogens is 1. The Balaban J connectivity index is 2.19. The largest absolute Gasteiger partial charge is 0.398 e. The minimum absolute atomic E-state index is 0.0480. The van der Waals surface area contributed by atoms with Gasteiger partial charge in [-0.25, -0.2) is 4.39 Å². The van der Waals surface area contributed by atoms with Gasteiger partial charge in [-0.2, -0.15) is 0 Å². The highest BCUT2D eigenvalue weighted by atomic mass is 19.1. The summed E-state index contributed by atoms with van der Waals surface area (Å²) < 4.78 is 13.3. The van der Waals surface area contributed by atoms with Gasteiger partial charge >= 0.3 is 0 Å². The van der Waals surface area contributed by atoms with Crippen LogP contribution in [0, 0.1) is 17.7 Å². The number of rotatable bonds is 3. The molecule has 1 fully saturated rings. The van der Waals surface area contributed by atoms with Crippen molar-refractivity contribution in [1.82, 2.24) is 5.43 Å². The van der Waals surface area contributed by atoms with E-state index in [1.54, 1.807) is 6.07 Å². The standard InChI is InChI=1S/C14H22FN3/c1-9-2-4-10(5-3-9)14(18-17)12-8-11(15)6-7-13(12)16/h6-10,14,18H,2-5,16-17H2,1H3. The zero-order valence-electron chi connectivity index (χ0n) is 10.8. The Morgan fingerprint density at radius 1 is 1.28 bits per heavy atom. The molecule has 1 aliphatic carbocycles. The van der Waals surface area contributed by atoms with Crippen LogP contribution in [0.5, 0.6) is 0 Å². The number of nitrogen functional groups attached to an aromatic ring is 1. The molecular weight excluding hydrogens is 229 g/mol. The monoisotopic (exact) mass is 251 g/mol. The first-order chi connectivity index (χ1) is 8.61. The van der Waals surface area contributed by atoms with E-state index in [-0.39, 0.29) is 11.9 Å². The van der Waals surface area contributed by atoms with Gasteiger partial charge in [0.05, 0.1) is 6.04 Å². The quantitative estimate of drug-likeness (QED) is 0.439. The molecule has 1 atom stereocenters. The lowest BCUT2D eigenvalue weighted by molar-refractivity contribution is 0.232. The third-order valence-electron chi connectivity index (χ3n) is 4.10. The van der Waals surface area contributed by atoms with Crippen molar-refractivity contribution < 1.29 is 4.39 Å². The molecule has 100 valence electrons. The smallest absolute Gasteiger partial charge is 0.123 e. The van der Waals surface area contributed by atoms with Crippen LogP contribution in [0.15, 0.2) is 18.2 Å². The molecular formula is C14H22FN3. The van der Waals surface area contributed by atoms with E-state index in [1.807, 2.05) is 0 Å². The first-order valence-corrected chi connectivity index (χ1v) is 6.63. The highest BCUT2D eigenvalue weighted by Crippen LogP contribution is 2.38. The first-order valence-electron chi connectivity index (χ1n) is 6.63. The molecule has 1 saturated carbocycles. The molecule has 1 aromatic carbocycles. The maximum Gasteiger partial charge on any atom is 0.123 e. The fraction of sp³-hybridized carbons (Fsp3) is 0.571. The molecule has 4 heteroatoms. The molecule has 1 aliphatic rings. The van der Waals surface area contributed by atoms with Crippen LogP contribution in [0.1, 0.15) is 44.2 Å². The SMILES string of the molecule is CC1CCC(C(NN)c2cc(F)ccc2N)CC1. The topological polar surface area (TPSA) is 64.1 Å². The molecule has 2 rings (SSSR count). The van der Waals surface area contributed by atoms with Crippen LogP contribution in [0.25, 0.3) is 0 Å². The molecule has 0 spiro atoms. The zero-order valence-corrected chi connectivity index (χ0v) is 10.8. The Hall–Kier alpha value is -1.13. The molecule has 0 saturated heterocycles. The highest BCUT2D eigenvalue weighted by molar-refractivity contribution is 5.48. The number of hydrogen-bond donors (Lipinski definition) is 3. The lowest BCUT2D eigenvalue weighted by atomic mass is 9.77. The van der Waals surface area contributed by atoms with Crippen LogP contribution in [-0.4, -0.2) is 0 Å². The third-order valence-corrected chi connectivity index (χ3v) is 4.10. The number of hydrogen-bond acceptors (Lipinski definition) is 3.